The average molecular weight is 459 g/mol. The maximum Gasteiger partial charge on any atom is 0.251 e. The first kappa shape index (κ1) is 21.5. The third-order valence-corrected chi connectivity index (χ3v) is 7.26. The Balaban J connectivity index is 1.58. The number of benzene rings is 2. The standard InChI is InChI=1S/C26H26N4O2S/c1-17(2)16-33(32)26-24-27-14-23(30(24)15-22(29-26)18-6-4-3-5-7-18)19-8-10-20(11-9-19)25(31)28-21-12-13-21/h3-11,14-15,17,21H,12-13,16H2,1-2H3,(H,28,31). The number of nitrogens with one attached hydrogen (secondary N) is 1. The van der Waals surface area contributed by atoms with Crippen molar-refractivity contribution in [2.75, 3.05) is 5.75 Å². The van der Waals surface area contributed by atoms with Gasteiger partial charge in [-0.2, -0.15) is 0 Å². The molecule has 1 amide bonds. The summed E-state index contributed by atoms with van der Waals surface area (Å²) in [6, 6.07) is 17.7. The van der Waals surface area contributed by atoms with E-state index < -0.39 is 10.8 Å². The van der Waals surface area contributed by atoms with Crippen LogP contribution in [0.3, 0.4) is 0 Å². The summed E-state index contributed by atoms with van der Waals surface area (Å²) in [5, 5.41) is 3.51. The number of aromatic nitrogens is 3. The van der Waals surface area contributed by atoms with Crippen molar-refractivity contribution in [2.24, 2.45) is 5.92 Å². The summed E-state index contributed by atoms with van der Waals surface area (Å²) in [6.07, 6.45) is 5.84. The second kappa shape index (κ2) is 8.90. The fraction of sp³-hybridized carbons (Fsp3) is 0.269. The van der Waals surface area contributed by atoms with E-state index in [1.165, 1.54) is 0 Å². The highest BCUT2D eigenvalue weighted by atomic mass is 32.2. The molecule has 6 nitrogen and oxygen atoms in total. The second-order valence-electron chi connectivity index (χ2n) is 8.87. The molecule has 2 aromatic carbocycles. The van der Waals surface area contributed by atoms with Crippen molar-refractivity contribution < 1.29 is 9.00 Å². The molecule has 0 aliphatic heterocycles. The highest BCUT2D eigenvalue weighted by molar-refractivity contribution is 7.85. The minimum atomic E-state index is -1.27. The summed E-state index contributed by atoms with van der Waals surface area (Å²) < 4.78 is 15.1. The number of amides is 1. The molecule has 0 radical (unpaired) electrons. The van der Waals surface area contributed by atoms with Gasteiger partial charge in [0.15, 0.2) is 10.7 Å². The van der Waals surface area contributed by atoms with Gasteiger partial charge in [-0.1, -0.05) is 56.3 Å². The minimum Gasteiger partial charge on any atom is -0.349 e. The zero-order chi connectivity index (χ0) is 22.9. The van der Waals surface area contributed by atoms with Crippen molar-refractivity contribution >= 4 is 22.4 Å². The summed E-state index contributed by atoms with van der Waals surface area (Å²) in [5.74, 6) is 0.759. The molecular weight excluding hydrogens is 432 g/mol. The van der Waals surface area contributed by atoms with Gasteiger partial charge in [-0.3, -0.25) is 13.4 Å². The number of carbonyl (C=O) groups is 1. The highest BCUT2D eigenvalue weighted by Crippen LogP contribution is 2.28. The first-order chi connectivity index (χ1) is 16.0. The van der Waals surface area contributed by atoms with Crippen molar-refractivity contribution in [1.29, 1.82) is 0 Å². The molecule has 1 unspecified atom stereocenters. The van der Waals surface area contributed by atoms with Gasteiger partial charge < -0.3 is 5.32 Å². The number of hydrogen-bond acceptors (Lipinski definition) is 4. The van der Waals surface area contributed by atoms with Crippen molar-refractivity contribution in [3.05, 3.63) is 72.6 Å². The molecule has 0 bridgehead atoms. The van der Waals surface area contributed by atoms with Crippen LogP contribution >= 0.6 is 0 Å². The maximum absolute atomic E-state index is 13.2. The molecule has 0 spiro atoms. The van der Waals surface area contributed by atoms with Gasteiger partial charge in [0.2, 0.25) is 0 Å². The highest BCUT2D eigenvalue weighted by Gasteiger charge is 2.24. The van der Waals surface area contributed by atoms with E-state index in [0.29, 0.717) is 28.0 Å². The third-order valence-electron chi connectivity index (χ3n) is 5.59. The van der Waals surface area contributed by atoms with Crippen LogP contribution in [0, 0.1) is 5.92 Å². The van der Waals surface area contributed by atoms with Gasteiger partial charge in [0.05, 0.1) is 28.4 Å². The lowest BCUT2D eigenvalue weighted by atomic mass is 10.1. The SMILES string of the molecule is CC(C)CS(=O)c1nc(-c2ccccc2)cn2c(-c3ccc(C(=O)NC4CC4)cc3)cnc12. The van der Waals surface area contributed by atoms with Crippen LogP contribution in [0.1, 0.15) is 37.0 Å². The molecule has 1 atom stereocenters. The first-order valence-corrected chi connectivity index (χ1v) is 12.5. The van der Waals surface area contributed by atoms with E-state index in [2.05, 4.69) is 10.3 Å². The van der Waals surface area contributed by atoms with E-state index in [9.17, 15) is 9.00 Å². The summed E-state index contributed by atoms with van der Waals surface area (Å²) in [4.78, 5) is 21.7. The minimum absolute atomic E-state index is 0.0378. The molecule has 33 heavy (non-hydrogen) atoms. The zero-order valence-electron chi connectivity index (χ0n) is 18.7. The van der Waals surface area contributed by atoms with Crippen LogP contribution in [0.2, 0.25) is 0 Å². The number of rotatable bonds is 7. The quantitative estimate of drug-likeness (QED) is 0.435. The molecule has 168 valence electrons. The number of nitrogens with zero attached hydrogens (tertiary/aromatic N) is 3. The van der Waals surface area contributed by atoms with E-state index in [1.807, 2.05) is 79.0 Å². The summed E-state index contributed by atoms with van der Waals surface area (Å²) >= 11 is 0. The fourth-order valence-electron chi connectivity index (χ4n) is 3.75. The Morgan fingerprint density at radius 3 is 2.48 bits per heavy atom. The van der Waals surface area contributed by atoms with Gasteiger partial charge in [0, 0.05) is 34.7 Å². The molecular formula is C26H26N4O2S. The number of carbonyl (C=O) groups excluding carboxylic acids is 1. The predicted molar refractivity (Wildman–Crippen MR) is 130 cm³/mol. The largest absolute Gasteiger partial charge is 0.349 e. The lowest BCUT2D eigenvalue weighted by Gasteiger charge is -2.11. The summed E-state index contributed by atoms with van der Waals surface area (Å²) in [5.41, 5.74) is 4.73. The van der Waals surface area contributed by atoms with Crippen molar-refractivity contribution in [3.8, 4) is 22.5 Å². The van der Waals surface area contributed by atoms with Gasteiger partial charge in [0.25, 0.3) is 5.91 Å². The van der Waals surface area contributed by atoms with E-state index in [-0.39, 0.29) is 11.8 Å². The van der Waals surface area contributed by atoms with Crippen LogP contribution in [-0.4, -0.2) is 36.3 Å². The first-order valence-electron chi connectivity index (χ1n) is 11.2. The Hall–Kier alpha value is -3.32. The molecule has 2 heterocycles. The Bertz CT molecular complexity index is 1330. The molecule has 5 rings (SSSR count). The molecule has 1 saturated carbocycles. The van der Waals surface area contributed by atoms with Crippen molar-refractivity contribution in [1.82, 2.24) is 19.7 Å². The van der Waals surface area contributed by atoms with E-state index in [1.54, 1.807) is 6.20 Å². The molecule has 1 fully saturated rings. The van der Waals surface area contributed by atoms with Crippen LogP contribution in [0.15, 0.2) is 72.0 Å². The second-order valence-corrected chi connectivity index (χ2v) is 10.3. The van der Waals surface area contributed by atoms with Crippen LogP contribution in [0.4, 0.5) is 0 Å². The summed E-state index contributed by atoms with van der Waals surface area (Å²) in [7, 11) is -1.27. The van der Waals surface area contributed by atoms with Gasteiger partial charge >= 0.3 is 0 Å². The molecule has 0 saturated heterocycles. The van der Waals surface area contributed by atoms with E-state index in [0.717, 1.165) is 35.4 Å². The Kier molecular flexibility index (Phi) is 5.81. The van der Waals surface area contributed by atoms with Crippen molar-refractivity contribution in [3.63, 3.8) is 0 Å². The Morgan fingerprint density at radius 1 is 1.09 bits per heavy atom. The van der Waals surface area contributed by atoms with Gasteiger partial charge in [0.1, 0.15) is 0 Å². The van der Waals surface area contributed by atoms with Crippen LogP contribution in [-0.2, 0) is 10.8 Å². The van der Waals surface area contributed by atoms with Crippen LogP contribution in [0.5, 0.6) is 0 Å². The lowest BCUT2D eigenvalue weighted by Crippen LogP contribution is -2.25. The molecule has 4 aromatic rings. The molecule has 1 aliphatic carbocycles. The van der Waals surface area contributed by atoms with Crippen LogP contribution in [0.25, 0.3) is 28.2 Å². The molecule has 1 aliphatic rings. The van der Waals surface area contributed by atoms with E-state index in [4.69, 9.17) is 4.98 Å². The lowest BCUT2D eigenvalue weighted by molar-refractivity contribution is 0.0951. The Labute approximate surface area is 195 Å². The maximum atomic E-state index is 13.2. The van der Waals surface area contributed by atoms with Gasteiger partial charge in [-0.05, 0) is 30.9 Å². The van der Waals surface area contributed by atoms with Gasteiger partial charge in [-0.15, -0.1) is 0 Å². The smallest absolute Gasteiger partial charge is 0.251 e. The number of fused-ring (bicyclic) bond motifs is 1. The van der Waals surface area contributed by atoms with Crippen molar-refractivity contribution in [2.45, 2.75) is 37.8 Å². The predicted octanol–water partition coefficient (Wildman–Crippen LogP) is 4.72. The number of imidazole rings is 1. The molecule has 7 heteroatoms. The average Bonchev–Trinajstić information content (AvgIpc) is 3.53. The number of hydrogen-bond donors (Lipinski definition) is 1. The molecule has 2 aromatic heterocycles. The van der Waals surface area contributed by atoms with Crippen LogP contribution < -0.4 is 5.32 Å². The zero-order valence-corrected chi connectivity index (χ0v) is 19.5. The third kappa shape index (κ3) is 4.59. The van der Waals surface area contributed by atoms with Gasteiger partial charge in [-0.25, -0.2) is 9.97 Å². The van der Waals surface area contributed by atoms with E-state index >= 15 is 0 Å². The topological polar surface area (TPSA) is 76.4 Å². The normalized spacial score (nSPS) is 14.5. The molecule has 1 N–H and O–H groups in total. The Morgan fingerprint density at radius 2 is 1.82 bits per heavy atom. The fourth-order valence-corrected chi connectivity index (χ4v) is 5.06. The monoisotopic (exact) mass is 458 g/mol. The summed E-state index contributed by atoms with van der Waals surface area (Å²) in [6.45, 7) is 4.10.